The largest absolute Gasteiger partial charge is 0.395 e. The number of anilines is 4. The van der Waals surface area contributed by atoms with Gasteiger partial charge in [0.25, 0.3) is 11.8 Å². The Hall–Kier alpha value is -3.00. The summed E-state index contributed by atoms with van der Waals surface area (Å²) in [6.45, 7) is 6.75. The third kappa shape index (κ3) is 11.3. The molecule has 278 valence electrons. The molecule has 0 atom stereocenters. The Bertz CT molecular complexity index is 1910. The van der Waals surface area contributed by atoms with E-state index in [4.69, 9.17) is 5.11 Å². The SMILES string of the molecule is Cc1cc(I)ccc1Nc1c(C(=O)NCCN2CCCCC2)cc(Br)c(F)c1F.Cc1cc(I)ccc1Nc1c(C(=O)NCCO)ccc(F)c1F. The Morgan fingerprint density at radius 3 is 1.83 bits per heavy atom. The molecule has 1 heterocycles. The van der Waals surface area contributed by atoms with Crippen LogP contribution in [0.15, 0.2) is 59.1 Å². The molecule has 1 saturated heterocycles. The molecule has 0 aliphatic carbocycles. The van der Waals surface area contributed by atoms with Crippen LogP contribution in [0.5, 0.6) is 0 Å². The number of nitrogens with zero attached hydrogens (tertiary/aromatic N) is 1. The van der Waals surface area contributed by atoms with E-state index in [1.54, 1.807) is 12.1 Å². The van der Waals surface area contributed by atoms with Gasteiger partial charge in [-0.2, -0.15) is 0 Å². The standard InChI is InChI=1S/C21H23BrF2IN3O.C16H15F2IN2O2/c1-13-11-14(25)5-6-17(13)27-20-15(12-16(22)18(23)19(20)24)21(29)26-7-10-28-8-3-2-4-9-28;1-9-8-10(19)2-5-13(9)21-15-11(16(23)20-6-7-22)3-4-12(17)14(15)18/h5-6,11-12,27H,2-4,7-10H2,1H3,(H,26,29);2-5,8,21-22H,6-7H2,1H3,(H,20,23). The van der Waals surface area contributed by atoms with E-state index in [2.05, 4.69) is 87.3 Å². The Balaban J connectivity index is 0.000000239. The summed E-state index contributed by atoms with van der Waals surface area (Å²) >= 11 is 7.34. The summed E-state index contributed by atoms with van der Waals surface area (Å²) in [6, 6.07) is 14.4. The molecule has 0 unspecified atom stereocenters. The minimum Gasteiger partial charge on any atom is -0.395 e. The molecule has 52 heavy (non-hydrogen) atoms. The number of piperidine rings is 1. The zero-order chi connectivity index (χ0) is 37.9. The highest BCUT2D eigenvalue weighted by molar-refractivity contribution is 14.1. The maximum absolute atomic E-state index is 14.7. The van der Waals surface area contributed by atoms with Crippen LogP contribution in [0.25, 0.3) is 0 Å². The van der Waals surface area contributed by atoms with E-state index >= 15 is 0 Å². The second-order valence-electron chi connectivity index (χ2n) is 12.0. The number of nitrogens with one attached hydrogen (secondary N) is 4. The van der Waals surface area contributed by atoms with Crippen molar-refractivity contribution in [2.24, 2.45) is 0 Å². The van der Waals surface area contributed by atoms with Gasteiger partial charge < -0.3 is 31.3 Å². The van der Waals surface area contributed by atoms with Crippen molar-refractivity contribution in [2.45, 2.75) is 33.1 Å². The third-order valence-corrected chi connectivity index (χ3v) is 10.1. The molecule has 5 N–H and O–H groups in total. The third-order valence-electron chi connectivity index (χ3n) is 8.20. The van der Waals surface area contributed by atoms with E-state index in [0.29, 0.717) is 17.9 Å². The van der Waals surface area contributed by atoms with E-state index < -0.39 is 35.1 Å². The molecule has 2 amide bonds. The van der Waals surface area contributed by atoms with E-state index in [9.17, 15) is 27.2 Å². The highest BCUT2D eigenvalue weighted by Crippen LogP contribution is 2.33. The summed E-state index contributed by atoms with van der Waals surface area (Å²) < 4.78 is 58.6. The molecule has 0 bridgehead atoms. The molecular formula is C37H38BrF4I2N5O3. The van der Waals surface area contributed by atoms with Gasteiger partial charge in [-0.1, -0.05) is 6.42 Å². The number of hydrogen-bond donors (Lipinski definition) is 5. The fraction of sp³-hybridized carbons (Fsp3) is 0.297. The van der Waals surface area contributed by atoms with Crippen LogP contribution in [0, 0.1) is 44.3 Å². The average molecular weight is 1010 g/mol. The van der Waals surface area contributed by atoms with Crippen LogP contribution < -0.4 is 21.3 Å². The highest BCUT2D eigenvalue weighted by Gasteiger charge is 2.23. The second-order valence-corrected chi connectivity index (χ2v) is 15.3. The molecule has 5 rings (SSSR count). The van der Waals surface area contributed by atoms with E-state index in [1.165, 1.54) is 31.4 Å². The lowest BCUT2D eigenvalue weighted by atomic mass is 10.1. The van der Waals surface area contributed by atoms with Gasteiger partial charge in [0.1, 0.15) is 0 Å². The van der Waals surface area contributed by atoms with Crippen LogP contribution >= 0.6 is 61.1 Å². The molecule has 4 aromatic carbocycles. The molecule has 4 aromatic rings. The van der Waals surface area contributed by atoms with E-state index in [-0.39, 0.29) is 40.1 Å². The number of aliphatic hydroxyl groups is 1. The van der Waals surface area contributed by atoms with Gasteiger partial charge >= 0.3 is 0 Å². The highest BCUT2D eigenvalue weighted by atomic mass is 127. The zero-order valence-electron chi connectivity index (χ0n) is 28.4. The van der Waals surface area contributed by atoms with Crippen LogP contribution in [-0.4, -0.2) is 61.2 Å². The molecule has 15 heteroatoms. The maximum Gasteiger partial charge on any atom is 0.253 e. The van der Waals surface area contributed by atoms with Gasteiger partial charge in [0.2, 0.25) is 0 Å². The van der Waals surface area contributed by atoms with Gasteiger partial charge in [-0.15, -0.1) is 0 Å². The molecule has 0 saturated carbocycles. The Kier molecular flexibility index (Phi) is 16.0. The molecule has 1 fully saturated rings. The number of amides is 2. The normalized spacial score (nSPS) is 12.8. The smallest absolute Gasteiger partial charge is 0.253 e. The predicted octanol–water partition coefficient (Wildman–Crippen LogP) is 8.94. The zero-order valence-corrected chi connectivity index (χ0v) is 34.3. The van der Waals surface area contributed by atoms with E-state index in [1.807, 2.05) is 38.1 Å². The van der Waals surface area contributed by atoms with E-state index in [0.717, 1.165) is 44.0 Å². The fourth-order valence-corrected chi connectivity index (χ4v) is 7.13. The van der Waals surface area contributed by atoms with Crippen LogP contribution in [0.2, 0.25) is 0 Å². The Morgan fingerprint density at radius 1 is 0.731 bits per heavy atom. The van der Waals surface area contributed by atoms with Crippen molar-refractivity contribution in [3.05, 3.63) is 112 Å². The summed E-state index contributed by atoms with van der Waals surface area (Å²) in [7, 11) is 0. The number of benzene rings is 4. The van der Waals surface area contributed by atoms with Crippen molar-refractivity contribution in [3.8, 4) is 0 Å². The molecular weight excluding hydrogens is 972 g/mol. The first-order valence-corrected chi connectivity index (χ1v) is 19.4. The molecule has 0 aromatic heterocycles. The fourth-order valence-electron chi connectivity index (χ4n) is 5.43. The number of aryl methyl sites for hydroxylation is 2. The van der Waals surface area contributed by atoms with Crippen molar-refractivity contribution in [2.75, 3.05) is 50.0 Å². The van der Waals surface area contributed by atoms with Crippen molar-refractivity contribution >= 4 is 95.7 Å². The van der Waals surface area contributed by atoms with Gasteiger partial charge in [0.05, 0.1) is 33.6 Å². The van der Waals surface area contributed by atoms with Gasteiger partial charge in [-0.05, 0) is 167 Å². The summed E-state index contributed by atoms with van der Waals surface area (Å²) in [5.74, 6) is -5.32. The summed E-state index contributed by atoms with van der Waals surface area (Å²) in [6.07, 6.45) is 3.60. The van der Waals surface area contributed by atoms with Gasteiger partial charge in [0.15, 0.2) is 23.3 Å². The van der Waals surface area contributed by atoms with Crippen LogP contribution in [0.4, 0.5) is 40.3 Å². The lowest BCUT2D eigenvalue weighted by molar-refractivity contribution is 0.0938. The lowest BCUT2D eigenvalue weighted by Gasteiger charge is -2.26. The number of carbonyl (C=O) groups is 2. The van der Waals surface area contributed by atoms with Crippen molar-refractivity contribution in [1.82, 2.24) is 15.5 Å². The summed E-state index contributed by atoms with van der Waals surface area (Å²) in [5.41, 5.74) is 2.54. The van der Waals surface area contributed by atoms with Crippen LogP contribution in [0.1, 0.15) is 51.1 Å². The maximum atomic E-state index is 14.7. The van der Waals surface area contributed by atoms with Gasteiger partial charge in [-0.25, -0.2) is 17.6 Å². The topological polar surface area (TPSA) is 106 Å². The molecule has 0 radical (unpaired) electrons. The lowest BCUT2D eigenvalue weighted by Crippen LogP contribution is -2.37. The van der Waals surface area contributed by atoms with Crippen molar-refractivity contribution < 1.29 is 32.3 Å². The number of likely N-dealkylation sites (tertiary alicyclic amines) is 1. The average Bonchev–Trinajstić information content (AvgIpc) is 3.12. The van der Waals surface area contributed by atoms with Crippen molar-refractivity contribution in [3.63, 3.8) is 0 Å². The second kappa shape index (κ2) is 19.9. The number of hydrogen-bond acceptors (Lipinski definition) is 6. The quantitative estimate of drug-likeness (QED) is 0.0585. The first-order chi connectivity index (χ1) is 24.8. The summed E-state index contributed by atoms with van der Waals surface area (Å²) in [4.78, 5) is 27.1. The molecule has 8 nitrogen and oxygen atoms in total. The van der Waals surface area contributed by atoms with Crippen LogP contribution in [0.3, 0.4) is 0 Å². The van der Waals surface area contributed by atoms with Crippen LogP contribution in [-0.2, 0) is 0 Å². The monoisotopic (exact) mass is 1010 g/mol. The van der Waals surface area contributed by atoms with Crippen molar-refractivity contribution in [1.29, 1.82) is 0 Å². The first-order valence-electron chi connectivity index (χ1n) is 16.4. The number of halogens is 7. The molecule has 1 aliphatic heterocycles. The number of rotatable bonds is 11. The minimum absolute atomic E-state index is 0.0276. The predicted molar refractivity (Wildman–Crippen MR) is 217 cm³/mol. The first kappa shape index (κ1) is 41.8. The Labute approximate surface area is 335 Å². The van der Waals surface area contributed by atoms with Gasteiger partial charge in [-0.3, -0.25) is 9.59 Å². The number of aliphatic hydroxyl groups excluding tert-OH is 1. The molecule has 1 aliphatic rings. The van der Waals surface area contributed by atoms with Gasteiger partial charge in [0, 0.05) is 38.1 Å². The Morgan fingerprint density at radius 2 is 1.27 bits per heavy atom. The number of carbonyl (C=O) groups excluding carboxylic acids is 2. The summed E-state index contributed by atoms with van der Waals surface area (Å²) in [5, 5.41) is 19.7. The molecule has 0 spiro atoms. The minimum atomic E-state index is -1.13.